The average molecular weight is 226 g/mol. The molecule has 0 amide bonds. The standard InChI is InChI=1S/C9H9BFO5/c11-6-2-1-5-3-4-10(14,15)16-8(5)7(6)9(12)13/h1-2,14-15H,3-4H2,(H,12,13)/q-1/p-1. The zero-order valence-corrected chi connectivity index (χ0v) is 8.14. The molecule has 0 bridgehead atoms. The lowest BCUT2D eigenvalue weighted by Crippen LogP contribution is -2.46. The predicted octanol–water partition coefficient (Wildman–Crippen LogP) is -0.952. The summed E-state index contributed by atoms with van der Waals surface area (Å²) in [6.45, 7) is -3.11. The summed E-state index contributed by atoms with van der Waals surface area (Å²) in [4.78, 5) is 10.7. The number of hydrogen-bond acceptors (Lipinski definition) is 5. The van der Waals surface area contributed by atoms with Crippen LogP contribution in [0.2, 0.25) is 6.32 Å². The molecule has 1 aliphatic heterocycles. The molecular formula is C9H8BFO5-2. The molecule has 2 rings (SSSR count). The zero-order valence-electron chi connectivity index (χ0n) is 8.14. The topological polar surface area (TPSA) is 89.8 Å². The monoisotopic (exact) mass is 226 g/mol. The average Bonchev–Trinajstić information content (AvgIpc) is 2.15. The Balaban J connectivity index is 2.58. The molecule has 1 aromatic carbocycles. The first kappa shape index (κ1) is 10.9. The Hall–Kier alpha value is -1.60. The van der Waals surface area contributed by atoms with Crippen molar-refractivity contribution in [2.75, 3.05) is 0 Å². The highest BCUT2D eigenvalue weighted by atomic mass is 19.1. The number of rotatable bonds is 1. The molecule has 5 nitrogen and oxygen atoms in total. The van der Waals surface area contributed by atoms with Gasteiger partial charge in [0.15, 0.2) is 0 Å². The number of hydrogen-bond donors (Lipinski definition) is 2. The number of halogens is 1. The van der Waals surface area contributed by atoms with Crippen molar-refractivity contribution in [2.45, 2.75) is 12.7 Å². The van der Waals surface area contributed by atoms with Gasteiger partial charge in [-0.2, -0.15) is 0 Å². The van der Waals surface area contributed by atoms with E-state index in [9.17, 15) is 24.3 Å². The molecule has 1 aromatic rings. The molecule has 0 aromatic heterocycles. The maximum Gasteiger partial charge on any atom is 0.430 e. The van der Waals surface area contributed by atoms with Crippen LogP contribution in [-0.4, -0.2) is 22.8 Å². The number of carbonyl (C=O) groups is 1. The molecule has 86 valence electrons. The van der Waals surface area contributed by atoms with Crippen LogP contribution in [0.15, 0.2) is 12.1 Å². The molecule has 1 aliphatic rings. The summed E-state index contributed by atoms with van der Waals surface area (Å²) in [7, 11) is 0. The van der Waals surface area contributed by atoms with Crippen molar-refractivity contribution < 1.29 is 29.0 Å². The summed E-state index contributed by atoms with van der Waals surface area (Å²) in [5.74, 6) is -3.12. The second kappa shape index (κ2) is 3.46. The van der Waals surface area contributed by atoms with Crippen LogP contribution in [0.4, 0.5) is 4.39 Å². The van der Waals surface area contributed by atoms with Crippen LogP contribution in [0, 0.1) is 5.82 Å². The second-order valence-electron chi connectivity index (χ2n) is 3.71. The Morgan fingerprint density at radius 2 is 2.19 bits per heavy atom. The van der Waals surface area contributed by atoms with E-state index in [1.54, 1.807) is 0 Å². The van der Waals surface area contributed by atoms with Crippen LogP contribution in [0.25, 0.3) is 0 Å². The van der Waals surface area contributed by atoms with Crippen molar-refractivity contribution in [3.8, 4) is 5.75 Å². The van der Waals surface area contributed by atoms with Gasteiger partial charge in [-0.15, -0.1) is 0 Å². The molecule has 1 heterocycles. The number of aryl methyl sites for hydroxylation is 1. The molecule has 0 aliphatic carbocycles. The summed E-state index contributed by atoms with van der Waals surface area (Å²) in [5, 5.41) is 29.3. The third kappa shape index (κ3) is 1.75. The van der Waals surface area contributed by atoms with Crippen LogP contribution in [0.3, 0.4) is 0 Å². The third-order valence-corrected chi connectivity index (χ3v) is 2.49. The van der Waals surface area contributed by atoms with Crippen LogP contribution in [0.1, 0.15) is 15.9 Å². The minimum atomic E-state index is -3.11. The quantitative estimate of drug-likeness (QED) is 0.602. The molecule has 0 unspecified atom stereocenters. The lowest BCUT2D eigenvalue weighted by Gasteiger charge is -2.37. The number of fused-ring (bicyclic) bond motifs is 1. The van der Waals surface area contributed by atoms with Gasteiger partial charge in [-0.3, -0.25) is 0 Å². The third-order valence-electron chi connectivity index (χ3n) is 2.49. The SMILES string of the molecule is O=C([O-])c1c(F)ccc2c1O[B-](O)(O)CC2. The van der Waals surface area contributed by atoms with Crippen molar-refractivity contribution in [3.05, 3.63) is 29.1 Å². The van der Waals surface area contributed by atoms with Crippen LogP contribution >= 0.6 is 0 Å². The van der Waals surface area contributed by atoms with E-state index in [4.69, 9.17) is 4.65 Å². The van der Waals surface area contributed by atoms with E-state index >= 15 is 0 Å². The molecule has 0 atom stereocenters. The minimum absolute atomic E-state index is 0.0505. The van der Waals surface area contributed by atoms with Gasteiger partial charge in [0.25, 0.3) is 0 Å². The maximum absolute atomic E-state index is 13.2. The molecular weight excluding hydrogens is 218 g/mol. The maximum atomic E-state index is 13.2. The molecule has 0 radical (unpaired) electrons. The number of aromatic carboxylic acids is 1. The van der Waals surface area contributed by atoms with Gasteiger partial charge >= 0.3 is 6.75 Å². The zero-order chi connectivity index (χ0) is 11.9. The Morgan fingerprint density at radius 1 is 1.50 bits per heavy atom. The molecule has 0 spiro atoms. The van der Waals surface area contributed by atoms with Crippen molar-refractivity contribution in [2.24, 2.45) is 0 Å². The Kier molecular flexibility index (Phi) is 2.36. The van der Waals surface area contributed by atoms with E-state index in [0.29, 0.717) is 5.56 Å². The normalized spacial score (nSPS) is 17.4. The highest BCUT2D eigenvalue weighted by Gasteiger charge is 2.30. The smallest absolute Gasteiger partial charge is 0.430 e. The van der Waals surface area contributed by atoms with Crippen molar-refractivity contribution >= 4 is 12.7 Å². The summed E-state index contributed by atoms with van der Waals surface area (Å²) in [5.41, 5.74) is -0.354. The molecule has 2 N–H and O–H groups in total. The number of benzene rings is 1. The number of carboxylic acids is 1. The summed E-state index contributed by atoms with van der Waals surface area (Å²) < 4.78 is 17.9. The lowest BCUT2D eigenvalue weighted by molar-refractivity contribution is -0.255. The summed E-state index contributed by atoms with van der Waals surface area (Å²) in [6, 6.07) is 2.34. The van der Waals surface area contributed by atoms with Gasteiger partial charge in [0, 0.05) is 0 Å². The molecule has 7 heteroatoms. The van der Waals surface area contributed by atoms with Gasteiger partial charge in [-0.05, 0) is 18.1 Å². The van der Waals surface area contributed by atoms with Gasteiger partial charge in [0.1, 0.15) is 5.82 Å². The fourth-order valence-corrected chi connectivity index (χ4v) is 1.71. The fraction of sp³-hybridized carbons (Fsp3) is 0.222. The molecule has 0 saturated heterocycles. The molecule has 0 fully saturated rings. The van der Waals surface area contributed by atoms with Gasteiger partial charge in [0.2, 0.25) is 0 Å². The number of carboxylic acid groups (broad SMARTS) is 1. The van der Waals surface area contributed by atoms with E-state index in [1.807, 2.05) is 0 Å². The fourth-order valence-electron chi connectivity index (χ4n) is 1.71. The van der Waals surface area contributed by atoms with Gasteiger partial charge in [0.05, 0.1) is 17.3 Å². The minimum Gasteiger partial charge on any atom is -0.669 e. The number of carbonyl (C=O) groups excluding carboxylic acids is 1. The molecule has 0 saturated carbocycles. The summed E-state index contributed by atoms with van der Waals surface area (Å²) in [6.07, 6.45) is 0.161. The van der Waals surface area contributed by atoms with E-state index in [2.05, 4.69) is 0 Å². The van der Waals surface area contributed by atoms with Gasteiger partial charge in [-0.1, -0.05) is 12.4 Å². The highest BCUT2D eigenvalue weighted by Crippen LogP contribution is 2.33. The first-order valence-corrected chi connectivity index (χ1v) is 4.73. The first-order chi connectivity index (χ1) is 7.41. The van der Waals surface area contributed by atoms with E-state index in [1.165, 1.54) is 6.07 Å². The van der Waals surface area contributed by atoms with E-state index < -0.39 is 24.1 Å². The Morgan fingerprint density at radius 3 is 2.81 bits per heavy atom. The molecule has 16 heavy (non-hydrogen) atoms. The van der Waals surface area contributed by atoms with Crippen LogP contribution in [-0.2, 0) is 6.42 Å². The summed E-state index contributed by atoms with van der Waals surface area (Å²) >= 11 is 0. The lowest BCUT2D eigenvalue weighted by atomic mass is 9.70. The second-order valence-corrected chi connectivity index (χ2v) is 3.71. The van der Waals surface area contributed by atoms with Crippen molar-refractivity contribution in [1.29, 1.82) is 0 Å². The van der Waals surface area contributed by atoms with Crippen molar-refractivity contribution in [3.63, 3.8) is 0 Å². The van der Waals surface area contributed by atoms with Crippen LogP contribution < -0.4 is 9.76 Å². The van der Waals surface area contributed by atoms with Crippen molar-refractivity contribution in [1.82, 2.24) is 0 Å². The Labute approximate surface area is 90.1 Å². The van der Waals surface area contributed by atoms with E-state index in [0.717, 1.165) is 6.07 Å². The highest BCUT2D eigenvalue weighted by molar-refractivity contribution is 6.59. The van der Waals surface area contributed by atoms with Crippen LogP contribution in [0.5, 0.6) is 5.75 Å². The largest absolute Gasteiger partial charge is 0.669 e. The van der Waals surface area contributed by atoms with E-state index in [-0.39, 0.29) is 18.5 Å². The predicted molar refractivity (Wildman–Crippen MR) is 50.1 cm³/mol. The van der Waals surface area contributed by atoms with Gasteiger partial charge in [-0.25, -0.2) is 4.39 Å². The first-order valence-electron chi connectivity index (χ1n) is 4.73. The Bertz CT molecular complexity index is 459. The van der Waals surface area contributed by atoms with Gasteiger partial charge < -0.3 is 24.6 Å².